The van der Waals surface area contributed by atoms with E-state index in [0.29, 0.717) is 22.3 Å². The molecule has 0 saturated heterocycles. The minimum absolute atomic E-state index is 0.219. The van der Waals surface area contributed by atoms with Crippen LogP contribution in [-0.2, 0) is 9.59 Å². The molecule has 6 nitrogen and oxygen atoms in total. The summed E-state index contributed by atoms with van der Waals surface area (Å²) in [7, 11) is 3.49. The van der Waals surface area contributed by atoms with Crippen LogP contribution in [0.1, 0.15) is 30.6 Å². The summed E-state index contributed by atoms with van der Waals surface area (Å²) >= 11 is 6.23. The van der Waals surface area contributed by atoms with Crippen LogP contribution in [0.15, 0.2) is 95.7 Å². The number of nitriles is 2. The lowest BCUT2D eigenvalue weighted by Gasteiger charge is -2.10. The molecule has 6 heterocycles. The van der Waals surface area contributed by atoms with Crippen LogP contribution in [0.5, 0.6) is 0 Å². The van der Waals surface area contributed by atoms with E-state index in [9.17, 15) is 20.1 Å². The minimum Gasteiger partial charge on any atom is -0.311 e. The number of carbonyl (C=O) groups is 2. The van der Waals surface area contributed by atoms with Crippen molar-refractivity contribution in [3.8, 4) is 33.0 Å². The summed E-state index contributed by atoms with van der Waals surface area (Å²) in [6.45, 7) is 0. The lowest BCUT2D eigenvalue weighted by molar-refractivity contribution is -0.114. The Kier molecular flexibility index (Phi) is 8.02. The Morgan fingerprint density at radius 2 is 1.06 bits per heavy atom. The molecule has 0 bridgehead atoms. The molecule has 0 saturated carbocycles. The first-order chi connectivity index (χ1) is 24.3. The molecule has 6 aromatic rings. The van der Waals surface area contributed by atoms with E-state index in [4.69, 9.17) is 0 Å². The smallest absolute Gasteiger partial charge is 0.259 e. The largest absolute Gasteiger partial charge is 0.311 e. The zero-order valence-electron chi connectivity index (χ0n) is 26.6. The van der Waals surface area contributed by atoms with Gasteiger partial charge in [-0.1, -0.05) is 36.4 Å². The van der Waals surface area contributed by atoms with Crippen molar-refractivity contribution in [2.24, 2.45) is 0 Å². The Morgan fingerprint density at radius 3 is 1.44 bits per heavy atom. The normalized spacial score (nSPS) is 15.8. The van der Waals surface area contributed by atoms with Crippen molar-refractivity contribution in [1.29, 1.82) is 10.5 Å². The number of hydrogen-bond acceptors (Lipinski definition) is 8. The van der Waals surface area contributed by atoms with E-state index >= 15 is 0 Å². The van der Waals surface area contributed by atoms with Gasteiger partial charge in [-0.05, 0) is 82.6 Å². The number of thiophene rings is 4. The first-order valence-electron chi connectivity index (χ1n) is 15.5. The van der Waals surface area contributed by atoms with Crippen LogP contribution < -0.4 is 9.80 Å². The number of benzene rings is 2. The zero-order valence-corrected chi connectivity index (χ0v) is 29.9. The topological polar surface area (TPSA) is 88.2 Å². The third kappa shape index (κ3) is 5.36. The summed E-state index contributed by atoms with van der Waals surface area (Å²) in [5, 5.41) is 23.3. The molecule has 10 heteroatoms. The third-order valence-electron chi connectivity index (χ3n) is 8.75. The molecule has 4 aromatic heterocycles. The van der Waals surface area contributed by atoms with Gasteiger partial charge < -0.3 is 9.80 Å². The van der Waals surface area contributed by atoms with E-state index < -0.39 is 0 Å². The van der Waals surface area contributed by atoms with Crippen LogP contribution in [0.3, 0.4) is 0 Å². The van der Waals surface area contributed by atoms with Gasteiger partial charge in [0.2, 0.25) is 0 Å². The monoisotopic (exact) mass is 720 g/mol. The number of carbonyl (C=O) groups excluding carboxylic acids is 2. The fourth-order valence-electron chi connectivity index (χ4n) is 6.25. The molecule has 50 heavy (non-hydrogen) atoms. The van der Waals surface area contributed by atoms with E-state index in [1.54, 1.807) is 46.6 Å². The summed E-state index contributed by atoms with van der Waals surface area (Å²) in [6, 6.07) is 32.2. The summed E-state index contributed by atoms with van der Waals surface area (Å²) in [6.07, 6.45) is 3.81. The molecule has 0 fully saturated rings. The molecule has 8 rings (SSSR count). The zero-order chi connectivity index (χ0) is 34.5. The molecule has 0 spiro atoms. The first-order valence-corrected chi connectivity index (χ1v) is 18.8. The maximum Gasteiger partial charge on any atom is 0.259 e. The van der Waals surface area contributed by atoms with Crippen LogP contribution in [-0.4, -0.2) is 25.9 Å². The lowest BCUT2D eigenvalue weighted by Crippen LogP contribution is -2.24. The molecule has 0 unspecified atom stereocenters. The van der Waals surface area contributed by atoms with Crippen LogP contribution in [0.4, 0.5) is 11.4 Å². The van der Waals surface area contributed by atoms with E-state index in [1.807, 2.05) is 108 Å². The van der Waals surface area contributed by atoms with E-state index in [-0.39, 0.29) is 11.8 Å². The summed E-state index contributed by atoms with van der Waals surface area (Å²) in [5.41, 5.74) is 6.91. The van der Waals surface area contributed by atoms with Crippen molar-refractivity contribution in [1.82, 2.24) is 0 Å². The van der Waals surface area contributed by atoms with Gasteiger partial charge in [-0.2, -0.15) is 10.5 Å². The van der Waals surface area contributed by atoms with Gasteiger partial charge in [-0.3, -0.25) is 9.59 Å². The maximum atomic E-state index is 13.9. The number of allylic oxidation sites excluding steroid dienone is 2. The standard InChI is InChI=1S/C40H24N4O2S4/c1-43-31-19-23(35-13-9-27(49-35)17-25(21-41)33-5-3-15-47-33)7-11-29(31)37(39(43)45)38-30-12-8-24(20-32(30)44(2)40(38)46)36-14-10-28(50-36)18-26(22-42)34-6-4-16-48-34/h3-20H,1-2H3. The maximum absolute atomic E-state index is 13.9. The summed E-state index contributed by atoms with van der Waals surface area (Å²) in [5.74, 6) is -0.437. The van der Waals surface area contributed by atoms with Crippen molar-refractivity contribution in [3.63, 3.8) is 0 Å². The van der Waals surface area contributed by atoms with Crippen molar-refractivity contribution >= 4 is 103 Å². The molecule has 0 radical (unpaired) electrons. The highest BCUT2D eigenvalue weighted by molar-refractivity contribution is 7.17. The third-order valence-corrected chi connectivity index (χ3v) is 12.7. The average Bonchev–Trinajstić information content (AvgIpc) is 4.00. The fraction of sp³-hybridized carbons (Fsp3) is 0.0500. The van der Waals surface area contributed by atoms with Gasteiger partial charge >= 0.3 is 0 Å². The molecule has 0 atom stereocenters. The number of hydrogen-bond donors (Lipinski definition) is 0. The molecule has 2 amide bonds. The second-order valence-electron chi connectivity index (χ2n) is 11.6. The SMILES string of the molecule is CN1C(=O)C(=C2C(=O)N(C)c3cc(-c4ccc(C=C(C#N)c5cccs5)s4)ccc32)c2ccc(-c3ccc(C=C(C#N)c4cccs4)s3)cc21. The number of amides is 2. The van der Waals surface area contributed by atoms with Gasteiger partial charge in [0.1, 0.15) is 12.1 Å². The Bertz CT molecular complexity index is 2360. The second kappa shape index (κ2) is 12.7. The Morgan fingerprint density at radius 1 is 0.620 bits per heavy atom. The Labute approximate surface area is 304 Å². The summed E-state index contributed by atoms with van der Waals surface area (Å²) in [4.78, 5) is 36.8. The van der Waals surface area contributed by atoms with Gasteiger partial charge in [-0.15, -0.1) is 45.3 Å². The predicted octanol–water partition coefficient (Wildman–Crippen LogP) is 10.3. The van der Waals surface area contributed by atoms with Crippen LogP contribution in [0.25, 0.3) is 55.3 Å². The molecular weight excluding hydrogens is 697 g/mol. The first kappa shape index (κ1) is 31.6. The van der Waals surface area contributed by atoms with Gasteiger partial charge in [0.25, 0.3) is 11.8 Å². The average molecular weight is 721 g/mol. The molecule has 0 aliphatic carbocycles. The second-order valence-corrected chi connectivity index (χ2v) is 15.8. The highest BCUT2D eigenvalue weighted by Crippen LogP contribution is 2.48. The molecule has 2 aliphatic heterocycles. The van der Waals surface area contributed by atoms with Crippen molar-refractivity contribution in [2.45, 2.75) is 0 Å². The molecular formula is C40H24N4O2S4. The predicted molar refractivity (Wildman–Crippen MR) is 209 cm³/mol. The number of nitrogens with zero attached hydrogens (tertiary/aromatic N) is 4. The van der Waals surface area contributed by atoms with E-state index in [0.717, 1.165) is 62.9 Å². The van der Waals surface area contributed by atoms with Crippen LogP contribution in [0, 0.1) is 22.7 Å². The molecule has 2 aliphatic rings. The number of anilines is 2. The highest BCUT2D eigenvalue weighted by atomic mass is 32.1. The van der Waals surface area contributed by atoms with Crippen molar-refractivity contribution < 1.29 is 9.59 Å². The quantitative estimate of drug-likeness (QED) is 0.127. The molecule has 0 N–H and O–H groups in total. The van der Waals surface area contributed by atoms with Crippen molar-refractivity contribution in [3.05, 3.63) is 126 Å². The Balaban J connectivity index is 1.13. The van der Waals surface area contributed by atoms with E-state index in [1.165, 1.54) is 22.7 Å². The Hall–Kier alpha value is -5.62. The lowest BCUT2D eigenvalue weighted by atomic mass is 9.95. The highest BCUT2D eigenvalue weighted by Gasteiger charge is 2.40. The molecule has 2 aromatic carbocycles. The van der Waals surface area contributed by atoms with Crippen molar-refractivity contribution in [2.75, 3.05) is 23.9 Å². The minimum atomic E-state index is -0.219. The van der Waals surface area contributed by atoms with E-state index in [2.05, 4.69) is 12.1 Å². The van der Waals surface area contributed by atoms with Gasteiger partial charge in [0, 0.05) is 54.5 Å². The van der Waals surface area contributed by atoms with Crippen LogP contribution in [0.2, 0.25) is 0 Å². The number of rotatable bonds is 6. The summed E-state index contributed by atoms with van der Waals surface area (Å²) < 4.78 is 0. The van der Waals surface area contributed by atoms with Gasteiger partial charge in [0.05, 0.1) is 33.7 Å². The number of likely N-dealkylation sites (N-methyl/N-ethyl adjacent to an activating group) is 2. The molecule has 240 valence electrons. The van der Waals surface area contributed by atoms with Gasteiger partial charge in [-0.25, -0.2) is 0 Å². The number of fused-ring (bicyclic) bond motifs is 2. The fourth-order valence-corrected chi connectivity index (χ4v) is 9.53. The van der Waals surface area contributed by atoms with Crippen LogP contribution >= 0.6 is 45.3 Å². The van der Waals surface area contributed by atoms with Gasteiger partial charge in [0.15, 0.2) is 0 Å².